The molecule has 0 unspecified atom stereocenters. The maximum Gasteiger partial charge on any atom is 1.00 e. The second-order valence-electron chi connectivity index (χ2n) is 5.65. The molecule has 1 nitrogen and oxygen atoms in total. The predicted molar refractivity (Wildman–Crippen MR) is 79.4 cm³/mol. The summed E-state index contributed by atoms with van der Waals surface area (Å²) in [6.45, 7) is 15.0. The summed E-state index contributed by atoms with van der Waals surface area (Å²) in [6.07, 6.45) is 11.1. The van der Waals surface area contributed by atoms with E-state index in [0.717, 1.165) is 0 Å². The zero-order chi connectivity index (χ0) is 13.0. The van der Waals surface area contributed by atoms with Crippen molar-refractivity contribution in [2.45, 2.75) is 79.1 Å². The fourth-order valence-corrected chi connectivity index (χ4v) is 2.64. The van der Waals surface area contributed by atoms with Crippen molar-refractivity contribution < 1.29 is 23.3 Å². The molecule has 0 spiro atoms. The van der Waals surface area contributed by atoms with Crippen molar-refractivity contribution in [3.8, 4) is 0 Å². The molecule has 0 radical (unpaired) electrons. The normalized spacial score (nSPS) is 11.3. The monoisotopic (exact) mass is 249 g/mol. The van der Waals surface area contributed by atoms with Gasteiger partial charge in [0.05, 0.1) is 26.2 Å². The molecule has 0 bridgehead atoms. The van der Waals surface area contributed by atoms with Gasteiger partial charge < -0.3 is 4.48 Å². The molecular weight excluding hydrogens is 213 g/mol. The van der Waals surface area contributed by atoms with E-state index in [0.29, 0.717) is 0 Å². The van der Waals surface area contributed by atoms with Gasteiger partial charge in [-0.3, -0.25) is 0 Å². The fourth-order valence-electron chi connectivity index (χ4n) is 2.64. The van der Waals surface area contributed by atoms with Crippen LogP contribution in [0.5, 0.6) is 0 Å². The van der Waals surface area contributed by atoms with E-state index in [1.54, 1.807) is 0 Å². The van der Waals surface area contributed by atoms with Gasteiger partial charge in [0, 0.05) is 0 Å². The Bertz CT molecular complexity index is 122. The first-order chi connectivity index (χ1) is 8.24. The van der Waals surface area contributed by atoms with Gasteiger partial charge in [0.1, 0.15) is 0 Å². The number of nitrogens with zero attached hydrogens (tertiary/aromatic N) is 1. The van der Waals surface area contributed by atoms with Crippen LogP contribution in [0.2, 0.25) is 0 Å². The van der Waals surface area contributed by atoms with Crippen molar-refractivity contribution in [1.29, 1.82) is 0 Å². The van der Waals surface area contributed by atoms with Crippen molar-refractivity contribution >= 4 is 0 Å². The molecule has 0 heterocycles. The van der Waals surface area contributed by atoms with Crippen LogP contribution in [0.1, 0.15) is 79.1 Å². The molecule has 0 aliphatic rings. The smallest absolute Gasteiger partial charge is 0.324 e. The first-order valence-corrected chi connectivity index (χ1v) is 8.09. The van der Waals surface area contributed by atoms with E-state index in [4.69, 9.17) is 0 Å². The van der Waals surface area contributed by atoms with E-state index in [2.05, 4.69) is 27.7 Å². The molecule has 0 fully saturated rings. The summed E-state index contributed by atoms with van der Waals surface area (Å²) in [4.78, 5) is 0. The Kier molecular flexibility index (Phi) is 16.2. The molecule has 2 heteroatoms. The zero-order valence-corrected chi connectivity index (χ0v) is 13.9. The Morgan fingerprint density at radius 2 is 0.722 bits per heavy atom. The SMILES string of the molecule is CCCC[N+](CCCC)(CCCC)CCCC.[Li+]. The van der Waals surface area contributed by atoms with Gasteiger partial charge >= 0.3 is 18.9 Å². The van der Waals surface area contributed by atoms with Crippen LogP contribution in [0.4, 0.5) is 0 Å². The van der Waals surface area contributed by atoms with E-state index in [1.165, 1.54) is 82.0 Å². The quantitative estimate of drug-likeness (QED) is 0.367. The molecule has 0 saturated carbocycles. The molecule has 0 aliphatic heterocycles. The minimum atomic E-state index is 0. The summed E-state index contributed by atoms with van der Waals surface area (Å²) in [6, 6.07) is 0. The molecule has 0 atom stereocenters. The Hall–Kier alpha value is 0.557. The third-order valence-corrected chi connectivity index (χ3v) is 3.94. The minimum absolute atomic E-state index is 0. The Morgan fingerprint density at radius 1 is 0.500 bits per heavy atom. The maximum absolute atomic E-state index is 2.33. The van der Waals surface area contributed by atoms with Crippen LogP contribution in [0.15, 0.2) is 0 Å². The third kappa shape index (κ3) is 9.48. The third-order valence-electron chi connectivity index (χ3n) is 3.94. The fraction of sp³-hybridized carbons (Fsp3) is 1.00. The van der Waals surface area contributed by atoms with Crippen molar-refractivity contribution in [2.24, 2.45) is 0 Å². The van der Waals surface area contributed by atoms with Gasteiger partial charge in [-0.2, -0.15) is 0 Å². The Balaban J connectivity index is 0. The summed E-state index contributed by atoms with van der Waals surface area (Å²) in [5.74, 6) is 0. The van der Waals surface area contributed by atoms with Crippen LogP contribution in [0.3, 0.4) is 0 Å². The molecule has 0 aromatic rings. The van der Waals surface area contributed by atoms with Crippen LogP contribution < -0.4 is 18.9 Å². The van der Waals surface area contributed by atoms with Crippen LogP contribution in [0.25, 0.3) is 0 Å². The first-order valence-electron chi connectivity index (χ1n) is 8.09. The Morgan fingerprint density at radius 3 is 0.889 bits per heavy atom. The molecule has 0 aromatic carbocycles. The Labute approximate surface area is 128 Å². The molecule has 0 amide bonds. The molecule has 0 aromatic heterocycles. The summed E-state index contributed by atoms with van der Waals surface area (Å²) < 4.78 is 1.42. The topological polar surface area (TPSA) is 0 Å². The second kappa shape index (κ2) is 14.0. The summed E-state index contributed by atoms with van der Waals surface area (Å²) in [7, 11) is 0. The molecular formula is C16H36LiN+2. The van der Waals surface area contributed by atoms with Gasteiger partial charge in [-0.05, 0) is 25.7 Å². The van der Waals surface area contributed by atoms with E-state index in [-0.39, 0.29) is 18.9 Å². The van der Waals surface area contributed by atoms with Crippen LogP contribution in [-0.4, -0.2) is 30.7 Å². The maximum atomic E-state index is 2.33. The number of quaternary nitrogens is 1. The molecule has 0 rings (SSSR count). The zero-order valence-electron chi connectivity index (χ0n) is 13.9. The van der Waals surface area contributed by atoms with Crippen molar-refractivity contribution in [3.63, 3.8) is 0 Å². The van der Waals surface area contributed by atoms with E-state index in [1.807, 2.05) is 0 Å². The standard InChI is InChI=1S/C16H36N.Li/c1-5-9-13-17(14-10-6-2,15-11-7-3)16-12-8-4;/h5-16H2,1-4H3;/q2*+1. The van der Waals surface area contributed by atoms with E-state index in [9.17, 15) is 0 Å². The van der Waals surface area contributed by atoms with E-state index >= 15 is 0 Å². The average molecular weight is 249 g/mol. The number of rotatable bonds is 12. The number of unbranched alkanes of at least 4 members (excludes halogenated alkanes) is 4. The largest absolute Gasteiger partial charge is 1.00 e. The summed E-state index contributed by atoms with van der Waals surface area (Å²) in [5.41, 5.74) is 0. The van der Waals surface area contributed by atoms with Gasteiger partial charge in [-0.1, -0.05) is 53.4 Å². The summed E-state index contributed by atoms with van der Waals surface area (Å²) in [5, 5.41) is 0. The average Bonchev–Trinajstić information content (AvgIpc) is 2.37. The number of hydrogen-bond donors (Lipinski definition) is 0. The molecule has 18 heavy (non-hydrogen) atoms. The van der Waals surface area contributed by atoms with Gasteiger partial charge in [0.15, 0.2) is 0 Å². The molecule has 0 aliphatic carbocycles. The number of hydrogen-bond acceptors (Lipinski definition) is 0. The van der Waals surface area contributed by atoms with E-state index < -0.39 is 0 Å². The van der Waals surface area contributed by atoms with Gasteiger partial charge in [-0.15, -0.1) is 0 Å². The van der Waals surface area contributed by atoms with Gasteiger partial charge in [0.25, 0.3) is 0 Å². The first kappa shape index (κ1) is 20.9. The second-order valence-corrected chi connectivity index (χ2v) is 5.65. The summed E-state index contributed by atoms with van der Waals surface area (Å²) >= 11 is 0. The van der Waals surface area contributed by atoms with Gasteiger partial charge in [0.2, 0.25) is 0 Å². The van der Waals surface area contributed by atoms with Crippen molar-refractivity contribution in [2.75, 3.05) is 26.2 Å². The van der Waals surface area contributed by atoms with Crippen LogP contribution in [-0.2, 0) is 0 Å². The van der Waals surface area contributed by atoms with Crippen LogP contribution >= 0.6 is 0 Å². The minimum Gasteiger partial charge on any atom is -0.324 e. The van der Waals surface area contributed by atoms with Crippen molar-refractivity contribution in [1.82, 2.24) is 0 Å². The van der Waals surface area contributed by atoms with Crippen LogP contribution in [0, 0.1) is 0 Å². The van der Waals surface area contributed by atoms with Gasteiger partial charge in [-0.25, -0.2) is 0 Å². The molecule has 104 valence electrons. The van der Waals surface area contributed by atoms with Crippen molar-refractivity contribution in [3.05, 3.63) is 0 Å². The molecule has 0 saturated heterocycles. The predicted octanol–water partition coefficient (Wildman–Crippen LogP) is 2.01. The molecule has 0 N–H and O–H groups in total.